The number of methoxy groups -OCH3 is 3. The second kappa shape index (κ2) is 15.5. The first-order chi connectivity index (χ1) is 25.9. The molecule has 6 aliphatic rings. The molecule has 0 aromatic heterocycles. The molecule has 2 amide bonds. The van der Waals surface area contributed by atoms with Crippen molar-refractivity contribution < 1.29 is 42.8 Å². The third-order valence-electron chi connectivity index (χ3n) is 12.9. The Labute approximate surface area is 318 Å². The van der Waals surface area contributed by atoms with Gasteiger partial charge in [0.1, 0.15) is 6.61 Å². The van der Waals surface area contributed by atoms with Gasteiger partial charge in [0.05, 0.1) is 33.9 Å². The molecule has 2 N–H and O–H groups in total. The van der Waals surface area contributed by atoms with Gasteiger partial charge in [-0.05, 0) is 116 Å². The minimum absolute atomic E-state index is 0.0125. The molecule has 2 unspecified atom stereocenters. The monoisotopic (exact) mass is 747 g/mol. The van der Waals surface area contributed by atoms with E-state index in [2.05, 4.69) is 29.4 Å². The maximum atomic E-state index is 13.0. The van der Waals surface area contributed by atoms with Gasteiger partial charge in [0.25, 0.3) is 0 Å². The van der Waals surface area contributed by atoms with E-state index in [1.165, 1.54) is 32.8 Å². The number of amides is 2. The first kappa shape index (κ1) is 38.1. The smallest absolute Gasteiger partial charge is 0.412 e. The van der Waals surface area contributed by atoms with Crippen molar-refractivity contribution in [2.45, 2.75) is 89.6 Å². The average Bonchev–Trinajstić information content (AvgIpc) is 3.67. The molecule has 0 radical (unpaired) electrons. The molecule has 4 bridgehead atoms. The van der Waals surface area contributed by atoms with Crippen LogP contribution in [0.2, 0.25) is 0 Å². The van der Waals surface area contributed by atoms with Crippen LogP contribution in [0.3, 0.4) is 0 Å². The predicted octanol–water partition coefficient (Wildman–Crippen LogP) is 6.31. The predicted molar refractivity (Wildman–Crippen MR) is 201 cm³/mol. The highest BCUT2D eigenvalue weighted by atomic mass is 16.6. The molecule has 0 spiro atoms. The highest BCUT2D eigenvalue weighted by Gasteiger charge is 2.57. The third-order valence-corrected chi connectivity index (χ3v) is 12.9. The second-order valence-corrected chi connectivity index (χ2v) is 17.4. The summed E-state index contributed by atoms with van der Waals surface area (Å²) in [5.41, 5.74) is 2.37. The molecule has 2 aliphatic heterocycles. The van der Waals surface area contributed by atoms with E-state index < -0.39 is 6.09 Å². The van der Waals surface area contributed by atoms with Crippen molar-refractivity contribution in [2.75, 3.05) is 54.2 Å². The molecular formula is C42H57N3O9. The Morgan fingerprint density at radius 1 is 0.852 bits per heavy atom. The molecule has 12 nitrogen and oxygen atoms in total. The van der Waals surface area contributed by atoms with Crippen molar-refractivity contribution in [1.29, 1.82) is 0 Å². The summed E-state index contributed by atoms with van der Waals surface area (Å²) in [5.74, 6) is 2.11. The van der Waals surface area contributed by atoms with Crippen LogP contribution in [0.4, 0.5) is 9.59 Å². The van der Waals surface area contributed by atoms with Crippen molar-refractivity contribution in [3.05, 3.63) is 47.5 Å². The summed E-state index contributed by atoms with van der Waals surface area (Å²) in [7, 11) is 4.72. The lowest BCUT2D eigenvalue weighted by Crippen LogP contribution is -2.58. The van der Waals surface area contributed by atoms with Gasteiger partial charge >= 0.3 is 18.2 Å². The molecule has 54 heavy (non-hydrogen) atoms. The van der Waals surface area contributed by atoms with Crippen LogP contribution in [0.25, 0.3) is 0 Å². The van der Waals surface area contributed by atoms with Crippen molar-refractivity contribution in [1.82, 2.24) is 15.5 Å². The Morgan fingerprint density at radius 2 is 1.50 bits per heavy atom. The van der Waals surface area contributed by atoms with Crippen molar-refractivity contribution >= 4 is 18.2 Å². The number of esters is 1. The van der Waals surface area contributed by atoms with E-state index >= 15 is 0 Å². The third kappa shape index (κ3) is 8.53. The average molecular weight is 748 g/mol. The van der Waals surface area contributed by atoms with Gasteiger partial charge in [0, 0.05) is 37.1 Å². The van der Waals surface area contributed by atoms with Crippen LogP contribution in [-0.4, -0.2) is 88.8 Å². The number of hydrogen-bond donors (Lipinski definition) is 2. The molecule has 6 fully saturated rings. The molecular weight excluding hydrogens is 690 g/mol. The first-order valence-electron chi connectivity index (χ1n) is 19.6. The van der Waals surface area contributed by atoms with Gasteiger partial charge in [-0.1, -0.05) is 26.0 Å². The number of likely N-dealkylation sites (tertiary alicyclic amines) is 1. The van der Waals surface area contributed by atoms with E-state index in [1.807, 2.05) is 24.3 Å². The second-order valence-electron chi connectivity index (χ2n) is 17.4. The van der Waals surface area contributed by atoms with E-state index in [1.54, 1.807) is 26.4 Å². The van der Waals surface area contributed by atoms with Gasteiger partial charge in [-0.2, -0.15) is 0 Å². The van der Waals surface area contributed by atoms with E-state index in [4.69, 9.17) is 28.4 Å². The number of nitrogens with zero attached hydrogens (tertiary/aromatic N) is 1. The highest BCUT2D eigenvalue weighted by Crippen LogP contribution is 2.62. The number of carbonyl (C=O) groups excluding carboxylic acids is 3. The maximum absolute atomic E-state index is 13.0. The fourth-order valence-corrected chi connectivity index (χ4v) is 10.8. The Kier molecular flexibility index (Phi) is 10.9. The van der Waals surface area contributed by atoms with E-state index in [0.717, 1.165) is 43.4 Å². The van der Waals surface area contributed by atoms with Crippen molar-refractivity contribution in [3.8, 4) is 23.0 Å². The number of ether oxygens (including phenoxy) is 6. The van der Waals surface area contributed by atoms with Gasteiger partial charge in [0.15, 0.2) is 23.0 Å². The molecule has 2 aromatic rings. The highest BCUT2D eigenvalue weighted by molar-refractivity contribution is 5.75. The van der Waals surface area contributed by atoms with Crippen LogP contribution in [0, 0.1) is 28.6 Å². The van der Waals surface area contributed by atoms with Gasteiger partial charge < -0.3 is 39.1 Å². The standard InChI is InChI=1S/C42H57N3O9/c1-40-11-12-41(2)21-29(20-40)22-42(25-40,26-41)44-39(48)52-15-14-45-13-10-31(23-45)43-38(47)54-34-9-7-28(19-36(34)51-5)17-32-30(24-53-37(32)46)16-27-6-8-33(49-3)35(18-27)50-4/h6-9,18-19,29-32H,10-17,20-26H2,1-5H3,(H,43,47)(H,44,48)/t29?,30-,31-,32+,40?,41?,42?/m0/s1. The lowest BCUT2D eigenvalue weighted by atomic mass is 9.55. The van der Waals surface area contributed by atoms with Crippen LogP contribution < -0.4 is 29.6 Å². The molecule has 8 rings (SSSR count). The molecule has 2 saturated heterocycles. The number of hydrogen-bond acceptors (Lipinski definition) is 10. The van der Waals surface area contributed by atoms with Crippen LogP contribution >= 0.6 is 0 Å². The van der Waals surface area contributed by atoms with Crippen LogP contribution in [0.5, 0.6) is 23.0 Å². The maximum Gasteiger partial charge on any atom is 0.412 e. The summed E-state index contributed by atoms with van der Waals surface area (Å²) in [6.45, 7) is 7.50. The SMILES string of the molecule is COc1ccc(C[C@H]2COC(=O)[C@@H]2Cc2ccc(OC(=O)N[C@H]3CCN(CCOC(=O)NC45CC6CC(C)(CCC(C)(C6)C4)C5)C3)c(OC)c2)cc1OC. The number of carbonyl (C=O) groups is 3. The number of fused-ring (bicyclic) bond motifs is 1. The van der Waals surface area contributed by atoms with Gasteiger partial charge in [-0.25, -0.2) is 9.59 Å². The summed E-state index contributed by atoms with van der Waals surface area (Å²) < 4.78 is 33.3. The normalized spacial score (nSPS) is 31.4. The number of benzene rings is 2. The molecule has 2 heterocycles. The van der Waals surface area contributed by atoms with Crippen LogP contribution in [0.15, 0.2) is 36.4 Å². The minimum atomic E-state index is -0.563. The zero-order valence-corrected chi connectivity index (χ0v) is 32.5. The van der Waals surface area contributed by atoms with Crippen LogP contribution in [-0.2, 0) is 27.1 Å². The Morgan fingerprint density at radius 3 is 2.19 bits per heavy atom. The quantitative estimate of drug-likeness (QED) is 0.225. The number of nitrogens with one attached hydrogen (secondary N) is 2. The van der Waals surface area contributed by atoms with Crippen molar-refractivity contribution in [2.24, 2.45) is 28.6 Å². The topological polar surface area (TPSA) is 134 Å². The Hall–Kier alpha value is -4.19. The first-order valence-corrected chi connectivity index (χ1v) is 19.6. The fraction of sp³-hybridized carbons (Fsp3) is 0.643. The molecule has 294 valence electrons. The van der Waals surface area contributed by atoms with Gasteiger partial charge in [0.2, 0.25) is 0 Å². The number of alkyl carbamates (subject to hydrolysis) is 1. The lowest BCUT2D eigenvalue weighted by molar-refractivity contribution is -0.141. The molecule has 2 aromatic carbocycles. The Balaban J connectivity index is 0.858. The van der Waals surface area contributed by atoms with Crippen LogP contribution in [0.1, 0.15) is 76.3 Å². The minimum Gasteiger partial charge on any atom is -0.493 e. The summed E-state index contributed by atoms with van der Waals surface area (Å²) in [5, 5.41) is 6.33. The molecule has 5 atom stereocenters. The fourth-order valence-electron chi connectivity index (χ4n) is 10.8. The number of rotatable bonds is 13. The molecule has 12 heteroatoms. The largest absolute Gasteiger partial charge is 0.493 e. The van der Waals surface area contributed by atoms with Gasteiger partial charge in [-0.3, -0.25) is 9.69 Å². The van der Waals surface area contributed by atoms with Gasteiger partial charge in [-0.15, -0.1) is 0 Å². The zero-order valence-electron chi connectivity index (χ0n) is 32.5. The van der Waals surface area contributed by atoms with Crippen molar-refractivity contribution in [3.63, 3.8) is 0 Å². The van der Waals surface area contributed by atoms with E-state index in [-0.39, 0.29) is 35.5 Å². The summed E-state index contributed by atoms with van der Waals surface area (Å²) in [4.78, 5) is 41.0. The summed E-state index contributed by atoms with van der Waals surface area (Å²) in [6, 6.07) is 11.0. The van der Waals surface area contributed by atoms with E-state index in [0.29, 0.717) is 78.9 Å². The zero-order chi connectivity index (χ0) is 38.1. The lowest BCUT2D eigenvalue weighted by Gasteiger charge is -2.54. The molecule has 4 saturated carbocycles. The molecule has 4 aliphatic carbocycles. The Bertz CT molecular complexity index is 1700. The number of cyclic esters (lactones) is 1. The summed E-state index contributed by atoms with van der Waals surface area (Å²) in [6.07, 6.45) is 9.23. The van der Waals surface area contributed by atoms with E-state index in [9.17, 15) is 14.4 Å². The summed E-state index contributed by atoms with van der Waals surface area (Å²) >= 11 is 0.